The molecule has 1 N–H and O–H groups in total. The number of hydrogen-bond donors (Lipinski definition) is 1. The van der Waals surface area contributed by atoms with Crippen LogP contribution in [0, 0.1) is 11.8 Å². The first-order valence-corrected chi connectivity index (χ1v) is 6.70. The van der Waals surface area contributed by atoms with Gasteiger partial charge in [-0.05, 0) is 38.5 Å². The van der Waals surface area contributed by atoms with E-state index in [-0.39, 0.29) is 12.5 Å². The van der Waals surface area contributed by atoms with Gasteiger partial charge in [0.05, 0.1) is 24.7 Å². The van der Waals surface area contributed by atoms with Crippen molar-refractivity contribution in [3.8, 4) is 0 Å². The maximum Gasteiger partial charge on any atom is 0.335 e. The maximum absolute atomic E-state index is 11.3. The van der Waals surface area contributed by atoms with E-state index in [1.165, 1.54) is 0 Å². The Labute approximate surface area is 113 Å². The van der Waals surface area contributed by atoms with Crippen LogP contribution < -0.4 is 0 Å². The first-order valence-electron chi connectivity index (χ1n) is 6.70. The SMILES string of the molecule is C=C(COCC1CCC(C(=O)O)CC1)C(=O)OCC. The van der Waals surface area contributed by atoms with Gasteiger partial charge in [0.25, 0.3) is 0 Å². The van der Waals surface area contributed by atoms with Gasteiger partial charge in [0.15, 0.2) is 0 Å². The minimum absolute atomic E-state index is 0.178. The summed E-state index contributed by atoms with van der Waals surface area (Å²) in [6.45, 7) is 6.41. The molecule has 1 saturated carbocycles. The second kappa shape index (κ2) is 7.94. The zero-order chi connectivity index (χ0) is 14.3. The minimum atomic E-state index is -0.699. The average Bonchev–Trinajstić information content (AvgIpc) is 2.39. The Bertz CT molecular complexity index is 329. The highest BCUT2D eigenvalue weighted by Gasteiger charge is 2.25. The zero-order valence-corrected chi connectivity index (χ0v) is 11.4. The van der Waals surface area contributed by atoms with E-state index in [4.69, 9.17) is 14.6 Å². The quantitative estimate of drug-likeness (QED) is 0.566. The molecule has 19 heavy (non-hydrogen) atoms. The third-order valence-electron chi connectivity index (χ3n) is 3.39. The Morgan fingerprint density at radius 3 is 2.42 bits per heavy atom. The predicted molar refractivity (Wildman–Crippen MR) is 69.7 cm³/mol. The van der Waals surface area contributed by atoms with E-state index in [1.54, 1.807) is 6.92 Å². The molecule has 0 aliphatic heterocycles. The van der Waals surface area contributed by atoms with Crippen LogP contribution in [0.25, 0.3) is 0 Å². The van der Waals surface area contributed by atoms with E-state index in [0.29, 0.717) is 37.5 Å². The second-order valence-electron chi connectivity index (χ2n) is 4.90. The zero-order valence-electron chi connectivity index (χ0n) is 11.4. The molecule has 5 heteroatoms. The van der Waals surface area contributed by atoms with Crippen LogP contribution in [0.3, 0.4) is 0 Å². The monoisotopic (exact) mass is 270 g/mol. The number of carbonyl (C=O) groups is 2. The van der Waals surface area contributed by atoms with Crippen molar-refractivity contribution in [3.63, 3.8) is 0 Å². The summed E-state index contributed by atoms with van der Waals surface area (Å²) in [7, 11) is 0. The summed E-state index contributed by atoms with van der Waals surface area (Å²) in [6.07, 6.45) is 3.15. The normalized spacial score (nSPS) is 22.8. The fourth-order valence-electron chi connectivity index (χ4n) is 2.22. The number of aliphatic carboxylic acids is 1. The van der Waals surface area contributed by atoms with E-state index < -0.39 is 11.9 Å². The standard InChI is InChI=1S/C14H22O5/c1-3-19-14(17)10(2)8-18-9-11-4-6-12(7-5-11)13(15)16/h11-12H,2-9H2,1H3,(H,15,16). The smallest absolute Gasteiger partial charge is 0.335 e. The van der Waals surface area contributed by atoms with Crippen LogP contribution in [0.15, 0.2) is 12.2 Å². The maximum atomic E-state index is 11.3. The summed E-state index contributed by atoms with van der Waals surface area (Å²) in [5, 5.41) is 8.89. The molecule has 0 aromatic rings. The topological polar surface area (TPSA) is 72.8 Å². The number of hydrogen-bond acceptors (Lipinski definition) is 4. The van der Waals surface area contributed by atoms with Crippen LogP contribution in [0.5, 0.6) is 0 Å². The number of carbonyl (C=O) groups excluding carboxylic acids is 1. The van der Waals surface area contributed by atoms with Gasteiger partial charge in [-0.1, -0.05) is 6.58 Å². The molecule has 0 spiro atoms. The highest BCUT2D eigenvalue weighted by molar-refractivity contribution is 5.87. The highest BCUT2D eigenvalue weighted by atomic mass is 16.5. The molecule has 0 radical (unpaired) electrons. The molecular formula is C14H22O5. The van der Waals surface area contributed by atoms with E-state index in [1.807, 2.05) is 0 Å². The lowest BCUT2D eigenvalue weighted by molar-refractivity contribution is -0.143. The van der Waals surface area contributed by atoms with Gasteiger partial charge in [-0.15, -0.1) is 0 Å². The Balaban J connectivity index is 2.16. The summed E-state index contributed by atoms with van der Waals surface area (Å²) < 4.78 is 10.3. The van der Waals surface area contributed by atoms with Gasteiger partial charge >= 0.3 is 11.9 Å². The first kappa shape index (κ1) is 15.7. The van der Waals surface area contributed by atoms with E-state index >= 15 is 0 Å². The van der Waals surface area contributed by atoms with Gasteiger partial charge < -0.3 is 14.6 Å². The van der Waals surface area contributed by atoms with Crippen LogP contribution in [-0.4, -0.2) is 36.9 Å². The van der Waals surface area contributed by atoms with Gasteiger partial charge in [-0.3, -0.25) is 4.79 Å². The average molecular weight is 270 g/mol. The molecule has 1 rings (SSSR count). The first-order chi connectivity index (χ1) is 9.04. The van der Waals surface area contributed by atoms with Crippen molar-refractivity contribution < 1.29 is 24.2 Å². The summed E-state index contributed by atoms with van der Waals surface area (Å²) in [5.74, 6) is -0.941. The summed E-state index contributed by atoms with van der Waals surface area (Å²) in [6, 6.07) is 0. The predicted octanol–water partition coefficient (Wildman–Crippen LogP) is 2.01. The van der Waals surface area contributed by atoms with Gasteiger partial charge in [0, 0.05) is 6.61 Å². The van der Waals surface area contributed by atoms with E-state index in [2.05, 4.69) is 6.58 Å². The van der Waals surface area contributed by atoms with Crippen molar-refractivity contribution in [1.82, 2.24) is 0 Å². The van der Waals surface area contributed by atoms with Crippen LogP contribution in [0.2, 0.25) is 0 Å². The Morgan fingerprint density at radius 2 is 1.89 bits per heavy atom. The molecule has 1 aliphatic carbocycles. The van der Waals surface area contributed by atoms with Crippen LogP contribution in [0.4, 0.5) is 0 Å². The third kappa shape index (κ3) is 5.42. The molecule has 5 nitrogen and oxygen atoms in total. The van der Waals surface area contributed by atoms with Gasteiger partial charge in [0.2, 0.25) is 0 Å². The number of carboxylic acid groups (broad SMARTS) is 1. The molecule has 0 saturated heterocycles. The number of carboxylic acids is 1. The Kier molecular flexibility index (Phi) is 6.56. The molecule has 108 valence electrons. The lowest BCUT2D eigenvalue weighted by Gasteiger charge is -2.25. The van der Waals surface area contributed by atoms with E-state index in [9.17, 15) is 9.59 Å². The molecule has 1 aliphatic rings. The Morgan fingerprint density at radius 1 is 1.26 bits per heavy atom. The second-order valence-corrected chi connectivity index (χ2v) is 4.90. The molecule has 0 aromatic carbocycles. The van der Waals surface area contributed by atoms with Crippen molar-refractivity contribution in [1.29, 1.82) is 0 Å². The number of rotatable bonds is 7. The fraction of sp³-hybridized carbons (Fsp3) is 0.714. The number of ether oxygens (including phenoxy) is 2. The van der Waals surface area contributed by atoms with Crippen molar-refractivity contribution >= 4 is 11.9 Å². The van der Waals surface area contributed by atoms with Crippen molar-refractivity contribution in [2.75, 3.05) is 19.8 Å². The summed E-state index contributed by atoms with van der Waals surface area (Å²) in [4.78, 5) is 22.1. The van der Waals surface area contributed by atoms with Crippen molar-refractivity contribution in [3.05, 3.63) is 12.2 Å². The number of esters is 1. The Hall–Kier alpha value is -1.36. The summed E-state index contributed by atoms with van der Waals surface area (Å²) in [5.41, 5.74) is 0.320. The van der Waals surface area contributed by atoms with Gasteiger partial charge in [-0.2, -0.15) is 0 Å². The molecular weight excluding hydrogens is 248 g/mol. The molecule has 1 fully saturated rings. The highest BCUT2D eigenvalue weighted by Crippen LogP contribution is 2.29. The molecule has 0 atom stereocenters. The van der Waals surface area contributed by atoms with Crippen LogP contribution in [-0.2, 0) is 19.1 Å². The largest absolute Gasteiger partial charge is 0.481 e. The lowest BCUT2D eigenvalue weighted by atomic mass is 9.82. The molecule has 0 heterocycles. The van der Waals surface area contributed by atoms with E-state index in [0.717, 1.165) is 12.8 Å². The van der Waals surface area contributed by atoms with Gasteiger partial charge in [0.1, 0.15) is 0 Å². The van der Waals surface area contributed by atoms with Crippen LogP contribution in [0.1, 0.15) is 32.6 Å². The lowest BCUT2D eigenvalue weighted by Crippen LogP contribution is -2.24. The van der Waals surface area contributed by atoms with Crippen molar-refractivity contribution in [2.45, 2.75) is 32.6 Å². The molecule has 0 bridgehead atoms. The third-order valence-corrected chi connectivity index (χ3v) is 3.39. The summed E-state index contributed by atoms with van der Waals surface area (Å²) >= 11 is 0. The molecule has 0 amide bonds. The molecule has 0 unspecified atom stereocenters. The minimum Gasteiger partial charge on any atom is -0.481 e. The molecule has 0 aromatic heterocycles. The van der Waals surface area contributed by atoms with Gasteiger partial charge in [-0.25, -0.2) is 4.79 Å². The fourth-order valence-corrected chi connectivity index (χ4v) is 2.22. The van der Waals surface area contributed by atoms with Crippen molar-refractivity contribution in [2.24, 2.45) is 11.8 Å². The van der Waals surface area contributed by atoms with Crippen LogP contribution >= 0.6 is 0 Å².